The topological polar surface area (TPSA) is 43.3 Å². The van der Waals surface area contributed by atoms with Crippen LogP contribution in [0.15, 0.2) is 10.7 Å². The Morgan fingerprint density at radius 1 is 1.50 bits per heavy atom. The fourth-order valence-electron chi connectivity index (χ4n) is 0.796. The average molecular weight is 135 g/mol. The fourth-order valence-corrected chi connectivity index (χ4v) is 0.796. The molecule has 0 spiro atoms. The van der Waals surface area contributed by atoms with Crippen molar-refractivity contribution >= 4 is 18.7 Å². The van der Waals surface area contributed by atoms with Crippen molar-refractivity contribution in [3.8, 4) is 0 Å². The molecule has 4 nitrogen and oxygen atoms in total. The summed E-state index contributed by atoms with van der Waals surface area (Å²) < 4.78 is 6.45. The van der Waals surface area contributed by atoms with E-state index in [9.17, 15) is 0 Å². The zero-order valence-corrected chi connectivity index (χ0v) is 5.24. The summed E-state index contributed by atoms with van der Waals surface area (Å²) in [6.07, 6.45) is 1.53. The van der Waals surface area contributed by atoms with E-state index in [0.717, 1.165) is 5.52 Å². The summed E-state index contributed by atoms with van der Waals surface area (Å²) in [5.74, 6) is 0. The highest BCUT2D eigenvalue weighted by molar-refractivity contribution is 5.42. The van der Waals surface area contributed by atoms with E-state index in [-0.39, 0.29) is 0 Å². The smallest absolute Gasteiger partial charge is 0.214 e. The number of oxazole rings is 1. The molecule has 0 atom stereocenters. The molecule has 10 heavy (non-hydrogen) atoms. The Bertz CT molecular complexity index is 409. The summed E-state index contributed by atoms with van der Waals surface area (Å²) in [7, 11) is 0. The first kappa shape index (κ1) is 5.22. The van der Waals surface area contributed by atoms with Crippen LogP contribution in [0.4, 0.5) is 0 Å². The molecule has 0 aliphatic carbocycles. The van der Waals surface area contributed by atoms with Crippen LogP contribution in [0.3, 0.4) is 0 Å². The molecule has 0 unspecified atom stereocenters. The van der Waals surface area contributed by atoms with Gasteiger partial charge in [-0.3, -0.25) is 0 Å². The van der Waals surface area contributed by atoms with Gasteiger partial charge < -0.3 is 4.42 Å². The SMILES string of the molecule is C=c1nnn2c(=C)occ12. The number of nitrogens with zero attached hydrogens (tertiary/aromatic N) is 3. The lowest BCUT2D eigenvalue weighted by atomic mass is 10.6. The van der Waals surface area contributed by atoms with Gasteiger partial charge in [0.15, 0.2) is 0 Å². The average Bonchev–Trinajstić information content (AvgIpc) is 2.41. The Kier molecular flexibility index (Phi) is 0.768. The first-order valence-electron chi connectivity index (χ1n) is 2.76. The molecule has 0 aliphatic rings. The van der Waals surface area contributed by atoms with Crippen LogP contribution in [0, 0.1) is 0 Å². The molecule has 0 bridgehead atoms. The van der Waals surface area contributed by atoms with Crippen LogP contribution in [0.5, 0.6) is 0 Å². The van der Waals surface area contributed by atoms with Gasteiger partial charge in [0.2, 0.25) is 5.55 Å². The lowest BCUT2D eigenvalue weighted by Crippen LogP contribution is -2.05. The van der Waals surface area contributed by atoms with Crippen LogP contribution in [0.2, 0.25) is 0 Å². The molecule has 0 amide bonds. The molecule has 2 aromatic heterocycles. The van der Waals surface area contributed by atoms with E-state index in [4.69, 9.17) is 4.42 Å². The van der Waals surface area contributed by atoms with Gasteiger partial charge in [-0.15, -0.1) is 5.10 Å². The molecule has 0 N–H and O–H groups in total. The Morgan fingerprint density at radius 3 is 3.00 bits per heavy atom. The highest BCUT2D eigenvalue weighted by atomic mass is 16.3. The van der Waals surface area contributed by atoms with Gasteiger partial charge in [0.25, 0.3) is 0 Å². The van der Waals surface area contributed by atoms with Crippen LogP contribution in [-0.4, -0.2) is 14.8 Å². The van der Waals surface area contributed by atoms with Crippen molar-refractivity contribution in [3.63, 3.8) is 0 Å². The number of hydrogen-bond acceptors (Lipinski definition) is 3. The van der Waals surface area contributed by atoms with E-state index in [1.165, 1.54) is 10.8 Å². The second-order valence-corrected chi connectivity index (χ2v) is 1.96. The highest BCUT2D eigenvalue weighted by Crippen LogP contribution is 1.85. The number of aromatic nitrogens is 3. The first-order chi connectivity index (χ1) is 4.79. The molecule has 0 aromatic carbocycles. The number of hydrogen-bond donors (Lipinski definition) is 0. The Balaban J connectivity index is 3.24. The van der Waals surface area contributed by atoms with E-state index in [1.807, 2.05) is 0 Å². The van der Waals surface area contributed by atoms with Crippen molar-refractivity contribution in [2.75, 3.05) is 0 Å². The predicted molar refractivity (Wildman–Crippen MR) is 35.5 cm³/mol. The molecule has 2 rings (SSSR count). The third-order valence-electron chi connectivity index (χ3n) is 1.32. The molecule has 0 saturated carbocycles. The Hall–Kier alpha value is -1.58. The van der Waals surface area contributed by atoms with Crippen LogP contribution in [0.25, 0.3) is 18.7 Å². The summed E-state index contributed by atoms with van der Waals surface area (Å²) >= 11 is 0. The van der Waals surface area contributed by atoms with E-state index in [2.05, 4.69) is 23.5 Å². The molecule has 0 fully saturated rings. The van der Waals surface area contributed by atoms with E-state index in [1.54, 1.807) is 0 Å². The fraction of sp³-hybridized carbons (Fsp3) is 0. The molecule has 0 saturated heterocycles. The number of fused-ring (bicyclic) bond motifs is 1. The van der Waals surface area contributed by atoms with Crippen molar-refractivity contribution < 1.29 is 4.42 Å². The quantitative estimate of drug-likeness (QED) is 0.472. The zero-order valence-electron chi connectivity index (χ0n) is 5.24. The summed E-state index contributed by atoms with van der Waals surface area (Å²) in [6, 6.07) is 0. The normalized spacial score (nSPS) is 10.8. The lowest BCUT2D eigenvalue weighted by Gasteiger charge is -1.71. The predicted octanol–water partition coefficient (Wildman–Crippen LogP) is -0.857. The zero-order chi connectivity index (χ0) is 7.14. The van der Waals surface area contributed by atoms with Crippen molar-refractivity contribution in [2.45, 2.75) is 0 Å². The van der Waals surface area contributed by atoms with Gasteiger partial charge in [0, 0.05) is 0 Å². The lowest BCUT2D eigenvalue weighted by molar-refractivity contribution is 0.501. The first-order valence-corrected chi connectivity index (χ1v) is 2.76. The minimum absolute atomic E-state index is 0.470. The second kappa shape index (κ2) is 1.47. The van der Waals surface area contributed by atoms with Gasteiger partial charge in [0.05, 0.1) is 0 Å². The minimum atomic E-state index is 0.470. The van der Waals surface area contributed by atoms with Crippen molar-refractivity contribution in [1.29, 1.82) is 0 Å². The van der Waals surface area contributed by atoms with Gasteiger partial charge in [-0.05, 0) is 6.58 Å². The van der Waals surface area contributed by atoms with Crippen molar-refractivity contribution in [3.05, 3.63) is 17.2 Å². The summed E-state index contributed by atoms with van der Waals surface area (Å²) in [5.41, 5.74) is 1.24. The van der Waals surface area contributed by atoms with E-state index < -0.39 is 0 Å². The van der Waals surface area contributed by atoms with Crippen molar-refractivity contribution in [1.82, 2.24) is 14.8 Å². The molecule has 2 heterocycles. The molecule has 4 heteroatoms. The standard InChI is InChI=1S/C6H5N3O/c1-4-6-3-10-5(2)9(6)8-7-4/h3H,1-2H2. The van der Waals surface area contributed by atoms with Crippen molar-refractivity contribution in [2.24, 2.45) is 0 Å². The van der Waals surface area contributed by atoms with Gasteiger partial charge in [-0.25, -0.2) is 0 Å². The second-order valence-electron chi connectivity index (χ2n) is 1.96. The van der Waals surface area contributed by atoms with E-state index in [0.29, 0.717) is 10.9 Å². The third kappa shape index (κ3) is 0.452. The maximum absolute atomic E-state index is 4.95. The summed E-state index contributed by atoms with van der Waals surface area (Å²) in [6.45, 7) is 7.23. The molecular weight excluding hydrogens is 130 g/mol. The van der Waals surface area contributed by atoms with Crippen LogP contribution in [0.1, 0.15) is 0 Å². The largest absolute Gasteiger partial charge is 0.445 e. The molecule has 0 radical (unpaired) electrons. The van der Waals surface area contributed by atoms with Gasteiger partial charge in [0.1, 0.15) is 17.1 Å². The molecule has 2 aromatic rings. The maximum Gasteiger partial charge on any atom is 0.214 e. The maximum atomic E-state index is 4.95. The van der Waals surface area contributed by atoms with Crippen LogP contribution in [-0.2, 0) is 0 Å². The van der Waals surface area contributed by atoms with E-state index >= 15 is 0 Å². The van der Waals surface area contributed by atoms with Gasteiger partial charge in [-0.2, -0.15) is 4.52 Å². The number of rotatable bonds is 0. The molecule has 50 valence electrons. The summed E-state index contributed by atoms with van der Waals surface area (Å²) in [4.78, 5) is 0. The van der Waals surface area contributed by atoms with Gasteiger partial charge in [-0.1, -0.05) is 11.8 Å². The summed E-state index contributed by atoms with van der Waals surface area (Å²) in [5, 5.41) is 8.05. The molecular formula is C6H5N3O. The highest BCUT2D eigenvalue weighted by Gasteiger charge is 1.98. The Labute approximate surface area is 56.1 Å². The van der Waals surface area contributed by atoms with Gasteiger partial charge >= 0.3 is 0 Å². The monoisotopic (exact) mass is 135 g/mol. The molecule has 0 aliphatic heterocycles. The minimum Gasteiger partial charge on any atom is -0.445 e. The van der Waals surface area contributed by atoms with Crippen LogP contribution >= 0.6 is 0 Å². The Morgan fingerprint density at radius 2 is 2.30 bits per heavy atom. The van der Waals surface area contributed by atoms with Crippen LogP contribution < -0.4 is 10.9 Å². The third-order valence-corrected chi connectivity index (χ3v) is 1.32.